The quantitative estimate of drug-likeness (QED) is 0.593. The smallest absolute Gasteiger partial charge is 0.335 e. The predicted molar refractivity (Wildman–Crippen MR) is 93.1 cm³/mol. The Kier molecular flexibility index (Phi) is 7.65. The van der Waals surface area contributed by atoms with Gasteiger partial charge >= 0.3 is 5.97 Å². The third-order valence-electron chi connectivity index (χ3n) is 3.41. The molecule has 136 valence electrons. The van der Waals surface area contributed by atoms with Crippen LogP contribution in [0, 0.1) is 0 Å². The maximum absolute atomic E-state index is 12.7. The van der Waals surface area contributed by atoms with E-state index in [4.69, 9.17) is 9.84 Å². The second-order valence-corrected chi connectivity index (χ2v) is 7.51. The van der Waals surface area contributed by atoms with E-state index in [1.807, 2.05) is 13.8 Å². The highest BCUT2D eigenvalue weighted by molar-refractivity contribution is 7.89. The first-order valence-corrected chi connectivity index (χ1v) is 9.34. The SMILES string of the molecule is CCC[C@H](C)NS(=O)(=O)c1cc(C(=O)O)ccc1N[C@H](C)COC. The minimum atomic E-state index is -3.85. The van der Waals surface area contributed by atoms with Crippen LogP contribution in [0.25, 0.3) is 0 Å². The summed E-state index contributed by atoms with van der Waals surface area (Å²) in [5.41, 5.74) is 0.268. The lowest BCUT2D eigenvalue weighted by molar-refractivity contribution is 0.0696. The van der Waals surface area contributed by atoms with Crippen LogP contribution < -0.4 is 10.0 Å². The molecule has 0 radical (unpaired) electrons. The molecule has 1 aromatic carbocycles. The molecule has 0 spiro atoms. The lowest BCUT2D eigenvalue weighted by atomic mass is 10.2. The maximum Gasteiger partial charge on any atom is 0.335 e. The van der Waals surface area contributed by atoms with Gasteiger partial charge in [0.2, 0.25) is 10.0 Å². The Bertz CT molecular complexity index is 660. The van der Waals surface area contributed by atoms with Crippen molar-refractivity contribution in [2.24, 2.45) is 0 Å². The molecule has 0 saturated carbocycles. The molecule has 1 rings (SSSR count). The fourth-order valence-corrected chi connectivity index (χ4v) is 3.85. The van der Waals surface area contributed by atoms with Crippen LogP contribution in [-0.2, 0) is 14.8 Å². The molecule has 1 aromatic rings. The summed E-state index contributed by atoms with van der Waals surface area (Å²) >= 11 is 0. The van der Waals surface area contributed by atoms with Crippen LogP contribution in [0.4, 0.5) is 5.69 Å². The van der Waals surface area contributed by atoms with Gasteiger partial charge in [-0.05, 0) is 38.5 Å². The minimum absolute atomic E-state index is 0.0756. The second kappa shape index (κ2) is 9.00. The lowest BCUT2D eigenvalue weighted by Crippen LogP contribution is -2.33. The van der Waals surface area contributed by atoms with Gasteiger partial charge in [-0.2, -0.15) is 0 Å². The van der Waals surface area contributed by atoms with Crippen molar-refractivity contribution < 1.29 is 23.1 Å². The molecule has 0 aliphatic heterocycles. The van der Waals surface area contributed by atoms with Crippen LogP contribution in [0.5, 0.6) is 0 Å². The molecule has 0 aromatic heterocycles. The van der Waals surface area contributed by atoms with E-state index in [9.17, 15) is 13.2 Å². The zero-order chi connectivity index (χ0) is 18.3. The summed E-state index contributed by atoms with van der Waals surface area (Å²) in [7, 11) is -2.29. The number of nitrogens with one attached hydrogen (secondary N) is 2. The number of carboxylic acids is 1. The number of ether oxygens (including phenoxy) is 1. The number of rotatable bonds is 10. The van der Waals surface area contributed by atoms with E-state index in [0.29, 0.717) is 18.7 Å². The number of aromatic carboxylic acids is 1. The molecule has 24 heavy (non-hydrogen) atoms. The highest BCUT2D eigenvalue weighted by Gasteiger charge is 2.23. The summed E-state index contributed by atoms with van der Waals surface area (Å²) < 4.78 is 33.0. The van der Waals surface area contributed by atoms with Crippen molar-refractivity contribution in [3.63, 3.8) is 0 Å². The minimum Gasteiger partial charge on any atom is -0.478 e. The number of carbonyl (C=O) groups is 1. The Morgan fingerprint density at radius 2 is 1.96 bits per heavy atom. The predicted octanol–water partition coefficient (Wildman–Crippen LogP) is 2.30. The van der Waals surface area contributed by atoms with E-state index in [0.717, 1.165) is 6.42 Å². The summed E-state index contributed by atoms with van der Waals surface area (Å²) in [6.45, 7) is 5.98. The molecular weight excluding hydrogens is 332 g/mol. The maximum atomic E-state index is 12.7. The van der Waals surface area contributed by atoms with Crippen molar-refractivity contribution in [2.45, 2.75) is 50.6 Å². The number of benzene rings is 1. The van der Waals surface area contributed by atoms with Crippen LogP contribution in [-0.4, -0.2) is 45.3 Å². The van der Waals surface area contributed by atoms with Gasteiger partial charge in [-0.25, -0.2) is 17.9 Å². The average Bonchev–Trinajstić information content (AvgIpc) is 2.47. The van der Waals surface area contributed by atoms with Crippen LogP contribution in [0.1, 0.15) is 44.0 Å². The summed E-state index contributed by atoms with van der Waals surface area (Å²) in [5.74, 6) is -1.18. The Morgan fingerprint density at radius 1 is 1.29 bits per heavy atom. The molecule has 7 nitrogen and oxygen atoms in total. The van der Waals surface area contributed by atoms with Crippen molar-refractivity contribution in [1.29, 1.82) is 0 Å². The summed E-state index contributed by atoms with van der Waals surface area (Å²) in [5, 5.41) is 12.2. The fourth-order valence-electron chi connectivity index (χ4n) is 2.37. The van der Waals surface area contributed by atoms with Gasteiger partial charge in [0, 0.05) is 19.2 Å². The summed E-state index contributed by atoms with van der Waals surface area (Å²) in [4.78, 5) is 11.1. The van der Waals surface area contributed by atoms with Crippen LogP contribution in [0.3, 0.4) is 0 Å². The molecule has 0 unspecified atom stereocenters. The first-order valence-electron chi connectivity index (χ1n) is 7.86. The molecule has 0 heterocycles. The second-order valence-electron chi connectivity index (χ2n) is 5.83. The van der Waals surface area contributed by atoms with Gasteiger partial charge < -0.3 is 15.2 Å². The van der Waals surface area contributed by atoms with Gasteiger partial charge in [-0.1, -0.05) is 13.3 Å². The molecule has 8 heteroatoms. The first-order chi connectivity index (χ1) is 11.2. The number of hydrogen-bond donors (Lipinski definition) is 3. The normalized spacial score (nSPS) is 14.2. The Hall–Kier alpha value is -1.64. The molecule has 2 atom stereocenters. The standard InChI is InChI=1S/C16H26N2O5S/c1-5-6-11(2)18-24(21,22)15-9-13(16(19)20)7-8-14(15)17-12(3)10-23-4/h7-9,11-12,17-18H,5-6,10H2,1-4H3,(H,19,20)/t11-,12+/m0/s1. The van der Waals surface area contributed by atoms with Gasteiger partial charge in [-0.3, -0.25) is 0 Å². The van der Waals surface area contributed by atoms with E-state index < -0.39 is 16.0 Å². The van der Waals surface area contributed by atoms with Crippen LogP contribution in [0.2, 0.25) is 0 Å². The average molecular weight is 358 g/mol. The third-order valence-corrected chi connectivity index (χ3v) is 5.04. The highest BCUT2D eigenvalue weighted by atomic mass is 32.2. The number of anilines is 1. The Labute approximate surface area is 143 Å². The first kappa shape index (κ1) is 20.4. The lowest BCUT2D eigenvalue weighted by Gasteiger charge is -2.20. The molecule has 0 fully saturated rings. The van der Waals surface area contributed by atoms with E-state index in [2.05, 4.69) is 10.0 Å². The number of methoxy groups -OCH3 is 1. The van der Waals surface area contributed by atoms with Crippen LogP contribution >= 0.6 is 0 Å². The van der Waals surface area contributed by atoms with Crippen molar-refractivity contribution in [3.05, 3.63) is 23.8 Å². The van der Waals surface area contributed by atoms with Gasteiger partial charge in [-0.15, -0.1) is 0 Å². The largest absolute Gasteiger partial charge is 0.478 e. The van der Waals surface area contributed by atoms with E-state index >= 15 is 0 Å². The highest BCUT2D eigenvalue weighted by Crippen LogP contribution is 2.24. The Balaban J connectivity index is 3.24. The Morgan fingerprint density at radius 3 is 2.50 bits per heavy atom. The van der Waals surface area contributed by atoms with Gasteiger partial charge in [0.15, 0.2) is 0 Å². The summed E-state index contributed by atoms with van der Waals surface area (Å²) in [6, 6.07) is 3.64. The zero-order valence-electron chi connectivity index (χ0n) is 14.5. The number of sulfonamides is 1. The van der Waals surface area contributed by atoms with Crippen molar-refractivity contribution in [2.75, 3.05) is 19.0 Å². The van der Waals surface area contributed by atoms with Crippen molar-refractivity contribution >= 4 is 21.7 Å². The van der Waals surface area contributed by atoms with Gasteiger partial charge in [0.1, 0.15) is 4.90 Å². The van der Waals surface area contributed by atoms with Gasteiger partial charge in [0.25, 0.3) is 0 Å². The molecule has 0 aliphatic carbocycles. The molecule has 0 saturated heterocycles. The monoisotopic (exact) mass is 358 g/mol. The van der Waals surface area contributed by atoms with Gasteiger partial charge in [0.05, 0.1) is 17.9 Å². The molecule has 0 bridgehead atoms. The summed E-state index contributed by atoms with van der Waals surface area (Å²) in [6.07, 6.45) is 1.54. The van der Waals surface area contributed by atoms with Crippen molar-refractivity contribution in [1.82, 2.24) is 4.72 Å². The van der Waals surface area contributed by atoms with E-state index in [-0.39, 0.29) is 22.5 Å². The zero-order valence-corrected chi connectivity index (χ0v) is 15.3. The van der Waals surface area contributed by atoms with E-state index in [1.54, 1.807) is 14.0 Å². The molecule has 3 N–H and O–H groups in total. The van der Waals surface area contributed by atoms with Crippen LogP contribution in [0.15, 0.2) is 23.1 Å². The number of hydrogen-bond acceptors (Lipinski definition) is 5. The third kappa shape index (κ3) is 5.77. The topological polar surface area (TPSA) is 105 Å². The number of carboxylic acid groups (broad SMARTS) is 1. The molecule has 0 amide bonds. The molecular formula is C16H26N2O5S. The van der Waals surface area contributed by atoms with E-state index in [1.165, 1.54) is 18.2 Å². The fraction of sp³-hybridized carbons (Fsp3) is 0.562. The van der Waals surface area contributed by atoms with Crippen molar-refractivity contribution in [3.8, 4) is 0 Å². The molecule has 0 aliphatic rings.